The van der Waals surface area contributed by atoms with Crippen molar-refractivity contribution >= 4 is 24.2 Å². The predicted molar refractivity (Wildman–Crippen MR) is 73.6 cm³/mol. The fourth-order valence-electron chi connectivity index (χ4n) is 1.51. The Morgan fingerprint density at radius 2 is 2.05 bits per heavy atom. The van der Waals surface area contributed by atoms with Crippen molar-refractivity contribution in [1.82, 2.24) is 0 Å². The second-order valence-corrected chi connectivity index (χ2v) is 5.17. The summed E-state index contributed by atoms with van der Waals surface area (Å²) in [6.45, 7) is 5.45. The van der Waals surface area contributed by atoms with Crippen LogP contribution in [0.3, 0.4) is 0 Å². The van der Waals surface area contributed by atoms with E-state index in [2.05, 4.69) is 6.58 Å². The fraction of sp³-hybridized carbons (Fsp3) is 0.333. The van der Waals surface area contributed by atoms with Gasteiger partial charge in [0.15, 0.2) is 0 Å². The zero-order valence-electron chi connectivity index (χ0n) is 10.2. The molecule has 0 saturated heterocycles. The van der Waals surface area contributed by atoms with E-state index >= 15 is 0 Å². The van der Waals surface area contributed by atoms with Gasteiger partial charge in [0.2, 0.25) is 0 Å². The minimum atomic E-state index is -4.35. The first kappa shape index (κ1) is 18.1. The van der Waals surface area contributed by atoms with Crippen LogP contribution < -0.4 is 5.73 Å². The Balaban J connectivity index is 0.00000324. The Morgan fingerprint density at radius 3 is 2.53 bits per heavy atom. The van der Waals surface area contributed by atoms with E-state index in [0.717, 1.165) is 5.57 Å². The quantitative estimate of drug-likeness (QED) is 0.640. The number of halogens is 4. The number of thioether (sulfide) groups is 1. The van der Waals surface area contributed by atoms with Crippen LogP contribution >= 0.6 is 24.2 Å². The highest BCUT2D eigenvalue weighted by Gasteiger charge is 2.29. The summed E-state index contributed by atoms with van der Waals surface area (Å²) in [6, 6.07) is 3.14. The smallest absolute Gasteiger partial charge is 0.446 e. The van der Waals surface area contributed by atoms with Crippen LogP contribution in [0, 0.1) is 0 Å². The Morgan fingerprint density at radius 1 is 1.47 bits per heavy atom. The molecule has 0 aliphatic heterocycles. The number of phenols is 1. The summed E-state index contributed by atoms with van der Waals surface area (Å²) in [7, 11) is 0. The van der Waals surface area contributed by atoms with Crippen LogP contribution in [0.5, 0.6) is 5.75 Å². The van der Waals surface area contributed by atoms with Gasteiger partial charge in [-0.15, -0.1) is 19.0 Å². The van der Waals surface area contributed by atoms with Crippen molar-refractivity contribution in [3.63, 3.8) is 0 Å². The average molecular weight is 314 g/mol. The van der Waals surface area contributed by atoms with Crippen LogP contribution in [0.25, 0.3) is 0 Å². The van der Waals surface area contributed by atoms with E-state index in [1.54, 1.807) is 6.92 Å². The van der Waals surface area contributed by atoms with Gasteiger partial charge in [0.25, 0.3) is 0 Å². The van der Waals surface area contributed by atoms with Crippen molar-refractivity contribution in [2.24, 2.45) is 5.73 Å². The average Bonchev–Trinajstić information content (AvgIpc) is 2.17. The number of hydrogen-bond acceptors (Lipinski definition) is 3. The van der Waals surface area contributed by atoms with Crippen molar-refractivity contribution in [2.75, 3.05) is 0 Å². The molecule has 0 fully saturated rings. The summed E-state index contributed by atoms with van der Waals surface area (Å²) >= 11 is -0.229. The second-order valence-electron chi connectivity index (χ2n) is 4.04. The standard InChI is InChI=1S/C12H14F3NOS.ClH/c1-7(2)5-10(16)9-6-8(3-4-11(9)17)18-12(13,14)15;/h3-4,6,10,17H,1,5,16H2,2H3;1H/t10-;/m1./s1. The van der Waals surface area contributed by atoms with E-state index in [1.165, 1.54) is 18.2 Å². The van der Waals surface area contributed by atoms with Gasteiger partial charge in [0, 0.05) is 16.5 Å². The summed E-state index contributed by atoms with van der Waals surface area (Å²) in [5, 5.41) is 9.62. The number of aromatic hydroxyl groups is 1. The summed E-state index contributed by atoms with van der Waals surface area (Å²) in [6.07, 6.45) is 0.410. The Bertz CT molecular complexity index is 451. The van der Waals surface area contributed by atoms with Crippen molar-refractivity contribution in [1.29, 1.82) is 0 Å². The van der Waals surface area contributed by atoms with Crippen LogP contribution in [0.4, 0.5) is 13.2 Å². The van der Waals surface area contributed by atoms with Crippen LogP contribution in [-0.2, 0) is 0 Å². The van der Waals surface area contributed by atoms with Gasteiger partial charge < -0.3 is 10.8 Å². The molecule has 1 atom stereocenters. The van der Waals surface area contributed by atoms with Gasteiger partial charge in [-0.1, -0.05) is 5.57 Å². The van der Waals surface area contributed by atoms with E-state index in [9.17, 15) is 18.3 Å². The van der Waals surface area contributed by atoms with Gasteiger partial charge in [0.05, 0.1) is 0 Å². The van der Waals surface area contributed by atoms with Crippen LogP contribution in [0.1, 0.15) is 24.9 Å². The third-order valence-electron chi connectivity index (χ3n) is 2.20. The molecule has 0 amide bonds. The highest BCUT2D eigenvalue weighted by molar-refractivity contribution is 8.00. The van der Waals surface area contributed by atoms with E-state index in [1.807, 2.05) is 0 Å². The van der Waals surface area contributed by atoms with Crippen LogP contribution in [0.15, 0.2) is 35.2 Å². The topological polar surface area (TPSA) is 46.2 Å². The number of phenolic OH excluding ortho intramolecular Hbond substituents is 1. The molecule has 0 aromatic heterocycles. The number of alkyl halides is 3. The fourth-order valence-corrected chi connectivity index (χ4v) is 2.10. The molecular formula is C12H15ClF3NOS. The normalized spacial score (nSPS) is 12.7. The Labute approximate surface area is 120 Å². The minimum Gasteiger partial charge on any atom is -0.508 e. The highest BCUT2D eigenvalue weighted by Crippen LogP contribution is 2.39. The van der Waals surface area contributed by atoms with Crippen molar-refractivity contribution < 1.29 is 18.3 Å². The molecule has 0 spiro atoms. The zero-order chi connectivity index (χ0) is 13.9. The maximum Gasteiger partial charge on any atom is 0.446 e. The highest BCUT2D eigenvalue weighted by atomic mass is 35.5. The van der Waals surface area contributed by atoms with E-state index in [0.29, 0.717) is 12.0 Å². The first-order chi connectivity index (χ1) is 8.19. The first-order valence-corrected chi connectivity index (χ1v) is 5.99. The maximum atomic E-state index is 12.2. The van der Waals surface area contributed by atoms with Gasteiger partial charge in [-0.05, 0) is 43.3 Å². The molecule has 0 aliphatic rings. The van der Waals surface area contributed by atoms with Crippen LogP contribution in [0.2, 0.25) is 0 Å². The third-order valence-corrected chi connectivity index (χ3v) is 2.92. The van der Waals surface area contributed by atoms with E-state index in [-0.39, 0.29) is 34.8 Å². The van der Waals surface area contributed by atoms with Crippen molar-refractivity contribution in [3.8, 4) is 5.75 Å². The Kier molecular flexibility index (Phi) is 6.76. The molecule has 2 nitrogen and oxygen atoms in total. The molecule has 0 radical (unpaired) electrons. The molecule has 1 rings (SSSR count). The summed E-state index contributed by atoms with van der Waals surface area (Å²) in [5.74, 6) is -0.102. The minimum absolute atomic E-state index is 0. The van der Waals surface area contributed by atoms with E-state index in [4.69, 9.17) is 5.73 Å². The molecular weight excluding hydrogens is 299 g/mol. The summed E-state index contributed by atoms with van der Waals surface area (Å²) < 4.78 is 36.7. The van der Waals surface area contributed by atoms with Crippen LogP contribution in [-0.4, -0.2) is 10.6 Å². The van der Waals surface area contributed by atoms with Crippen molar-refractivity contribution in [2.45, 2.75) is 29.8 Å². The van der Waals surface area contributed by atoms with Gasteiger partial charge in [-0.25, -0.2) is 0 Å². The molecule has 0 heterocycles. The van der Waals surface area contributed by atoms with Gasteiger partial charge in [0.1, 0.15) is 5.75 Å². The predicted octanol–water partition coefficient (Wildman–Crippen LogP) is 4.39. The summed E-state index contributed by atoms with van der Waals surface area (Å²) in [5.41, 5.74) is 2.56. The lowest BCUT2D eigenvalue weighted by molar-refractivity contribution is -0.0328. The number of benzene rings is 1. The number of rotatable bonds is 4. The molecule has 0 aliphatic carbocycles. The molecule has 0 bridgehead atoms. The molecule has 19 heavy (non-hydrogen) atoms. The van der Waals surface area contributed by atoms with Gasteiger partial charge in [-0.2, -0.15) is 13.2 Å². The van der Waals surface area contributed by atoms with Crippen molar-refractivity contribution in [3.05, 3.63) is 35.9 Å². The summed E-state index contributed by atoms with van der Waals surface area (Å²) in [4.78, 5) is 0.00691. The SMILES string of the molecule is C=C(C)C[C@@H](N)c1cc(SC(F)(F)F)ccc1O.Cl. The molecule has 108 valence electrons. The zero-order valence-corrected chi connectivity index (χ0v) is 11.8. The molecule has 1 aromatic carbocycles. The molecule has 1 aromatic rings. The van der Waals surface area contributed by atoms with Gasteiger partial charge >= 0.3 is 5.51 Å². The lowest BCUT2D eigenvalue weighted by Gasteiger charge is -2.15. The van der Waals surface area contributed by atoms with Gasteiger partial charge in [-0.3, -0.25) is 0 Å². The third kappa shape index (κ3) is 6.22. The monoisotopic (exact) mass is 313 g/mol. The lowest BCUT2D eigenvalue weighted by Crippen LogP contribution is -2.11. The largest absolute Gasteiger partial charge is 0.508 e. The van der Waals surface area contributed by atoms with E-state index < -0.39 is 11.6 Å². The Hall–Kier alpha value is -0.850. The number of nitrogens with two attached hydrogens (primary N) is 1. The molecule has 3 N–H and O–H groups in total. The molecule has 7 heteroatoms. The lowest BCUT2D eigenvalue weighted by atomic mass is 10.0. The number of hydrogen-bond donors (Lipinski definition) is 2. The first-order valence-electron chi connectivity index (χ1n) is 5.17. The molecule has 0 unspecified atom stereocenters. The second kappa shape index (κ2) is 7.07. The maximum absolute atomic E-state index is 12.2. The molecule has 0 saturated carbocycles.